The van der Waals surface area contributed by atoms with Crippen molar-refractivity contribution in [3.8, 4) is 67.5 Å². The third-order valence-electron chi connectivity index (χ3n) is 9.60. The number of nitrogens with zero attached hydrogens (tertiary/aromatic N) is 3. The van der Waals surface area contributed by atoms with Gasteiger partial charge in [0.05, 0.1) is 6.85 Å². The second-order valence-corrected chi connectivity index (χ2v) is 12.9. The second kappa shape index (κ2) is 12.9. The molecule has 0 unspecified atom stereocenters. The monoisotopic (exact) mass is 682 g/mol. The maximum atomic E-state index is 8.83. The molecule has 0 amide bonds. The van der Waals surface area contributed by atoms with E-state index in [1.165, 1.54) is 10.8 Å². The molecular weight excluding hydrogens is 647 g/mol. The summed E-state index contributed by atoms with van der Waals surface area (Å²) in [6.07, 6.45) is 0. The van der Waals surface area contributed by atoms with E-state index >= 15 is 0 Å². The predicted octanol–water partition coefficient (Wildman–Crippen LogP) is 12.9. The summed E-state index contributed by atoms with van der Waals surface area (Å²) in [6, 6.07) is 50.4. The summed E-state index contributed by atoms with van der Waals surface area (Å²) in [5.74, 6) is 1.51. The minimum atomic E-state index is -0.448. The molecule has 0 radical (unpaired) electrons. The molecule has 0 aliphatic carbocycles. The summed E-state index contributed by atoms with van der Waals surface area (Å²) >= 11 is 0. The fourth-order valence-corrected chi connectivity index (χ4v) is 6.92. The zero-order valence-corrected chi connectivity index (χ0v) is 28.3. The van der Waals surface area contributed by atoms with E-state index < -0.39 is 18.1 Å². The zero-order valence-electron chi connectivity index (χ0n) is 33.3. The van der Waals surface area contributed by atoms with Gasteiger partial charge in [0, 0.05) is 33.0 Å². The maximum Gasteiger partial charge on any atom is 0.164 e. The Morgan fingerprint density at radius 1 is 0.377 bits per heavy atom. The van der Waals surface area contributed by atoms with Crippen LogP contribution in [0.1, 0.15) is 6.85 Å². The molecule has 0 bridgehead atoms. The number of hydrogen-bond donors (Lipinski definition) is 0. The average Bonchev–Trinajstić information content (AvgIpc) is 3.66. The molecule has 0 spiro atoms. The molecule has 2 heterocycles. The van der Waals surface area contributed by atoms with Gasteiger partial charge in [-0.25, -0.2) is 15.0 Å². The molecule has 0 aliphatic rings. The van der Waals surface area contributed by atoms with Crippen LogP contribution in [-0.2, 0) is 0 Å². The minimum absolute atomic E-state index is 0.0781. The van der Waals surface area contributed by atoms with E-state index in [4.69, 9.17) is 26.2 Å². The smallest absolute Gasteiger partial charge is 0.164 e. The van der Waals surface area contributed by atoms with Gasteiger partial charge in [0.25, 0.3) is 0 Å². The Bertz CT molecular complexity index is 3190. The van der Waals surface area contributed by atoms with Gasteiger partial charge < -0.3 is 4.42 Å². The van der Waals surface area contributed by atoms with Gasteiger partial charge in [-0.2, -0.15) is 0 Å². The molecule has 0 saturated carbocycles. The van der Waals surface area contributed by atoms with Crippen LogP contribution in [0.3, 0.4) is 0 Å². The van der Waals surface area contributed by atoms with Crippen LogP contribution in [0, 0.1) is 0 Å². The highest BCUT2D eigenvalue weighted by atomic mass is 16.3. The van der Waals surface area contributed by atoms with Crippen molar-refractivity contribution >= 4 is 32.7 Å². The quantitative estimate of drug-likeness (QED) is 0.175. The van der Waals surface area contributed by atoms with Crippen LogP contribution >= 0.6 is 0 Å². The molecule has 0 N–H and O–H groups in total. The van der Waals surface area contributed by atoms with Crippen LogP contribution in [-0.4, -0.2) is 15.0 Å². The van der Waals surface area contributed by atoms with Gasteiger partial charge in [-0.05, 0) is 68.9 Å². The molecule has 10 aromatic rings. The largest absolute Gasteiger partial charge is 0.455 e. The highest BCUT2D eigenvalue weighted by molar-refractivity contribution is 6.12. The molecule has 0 saturated heterocycles. The normalized spacial score (nSPS) is 12.7. The van der Waals surface area contributed by atoms with E-state index in [1.807, 2.05) is 115 Å². The maximum absolute atomic E-state index is 8.83. The average molecular weight is 683 g/mol. The molecule has 0 fully saturated rings. The van der Waals surface area contributed by atoms with Crippen molar-refractivity contribution in [3.63, 3.8) is 0 Å². The van der Waals surface area contributed by atoms with E-state index in [9.17, 15) is 0 Å². The van der Waals surface area contributed by atoms with E-state index in [-0.39, 0.29) is 17.6 Å². The zero-order chi connectivity index (χ0) is 39.5. The van der Waals surface area contributed by atoms with Gasteiger partial charge >= 0.3 is 0 Å². The van der Waals surface area contributed by atoms with E-state index in [2.05, 4.69) is 42.5 Å². The lowest BCUT2D eigenvalue weighted by Crippen LogP contribution is -2.00. The van der Waals surface area contributed by atoms with Crippen molar-refractivity contribution in [2.45, 2.75) is 0 Å². The Morgan fingerprint density at radius 2 is 0.943 bits per heavy atom. The second-order valence-electron chi connectivity index (χ2n) is 12.9. The number of rotatable bonds is 6. The molecule has 10 rings (SSSR count). The molecule has 53 heavy (non-hydrogen) atoms. The van der Waals surface area contributed by atoms with Crippen LogP contribution in [0.4, 0.5) is 0 Å². The first kappa shape index (κ1) is 25.7. The number of hydrogen-bond acceptors (Lipinski definition) is 4. The van der Waals surface area contributed by atoms with Gasteiger partial charge in [-0.3, -0.25) is 0 Å². The lowest BCUT2D eigenvalue weighted by atomic mass is 9.95. The molecule has 2 aromatic heterocycles. The van der Waals surface area contributed by atoms with Crippen molar-refractivity contribution in [2.24, 2.45) is 0 Å². The van der Waals surface area contributed by atoms with Gasteiger partial charge in [-0.1, -0.05) is 158 Å². The molecular formula is C49H31N3O. The molecule has 4 heteroatoms. The topological polar surface area (TPSA) is 51.8 Å². The first-order valence-corrected chi connectivity index (χ1v) is 17.4. The van der Waals surface area contributed by atoms with Gasteiger partial charge in [0.15, 0.2) is 17.5 Å². The van der Waals surface area contributed by atoms with Gasteiger partial charge in [0.2, 0.25) is 0 Å². The molecule has 0 aliphatic heterocycles. The van der Waals surface area contributed by atoms with Crippen LogP contribution < -0.4 is 0 Å². The van der Waals surface area contributed by atoms with Crippen molar-refractivity contribution < 1.29 is 11.3 Å². The molecule has 8 aromatic carbocycles. The number of fused-ring (bicyclic) bond motifs is 4. The fraction of sp³-hybridized carbons (Fsp3) is 0. The Morgan fingerprint density at radius 3 is 1.68 bits per heavy atom. The van der Waals surface area contributed by atoms with Crippen LogP contribution in [0.5, 0.6) is 0 Å². The number of benzene rings is 8. The Labute approximate surface area is 313 Å². The van der Waals surface area contributed by atoms with Crippen molar-refractivity contribution in [1.29, 1.82) is 0 Å². The lowest BCUT2D eigenvalue weighted by molar-refractivity contribution is 0.670. The van der Waals surface area contributed by atoms with Crippen molar-refractivity contribution in [1.82, 2.24) is 15.0 Å². The van der Waals surface area contributed by atoms with Crippen molar-refractivity contribution in [2.75, 3.05) is 0 Å². The third kappa shape index (κ3) is 5.73. The van der Waals surface area contributed by atoms with Crippen molar-refractivity contribution in [3.05, 3.63) is 188 Å². The highest BCUT2D eigenvalue weighted by Gasteiger charge is 2.18. The van der Waals surface area contributed by atoms with Crippen LogP contribution in [0.25, 0.3) is 100 Å². The predicted molar refractivity (Wildman–Crippen MR) is 217 cm³/mol. The SMILES string of the molecule is [2H]c1c([2H])c([2H])c(-c2cc(-c3ccccc3)cc3c2oc2cc(-c4nc(-c5ccccc5)nc(-c5ccc(-c6ccc7ccccc7c6)cc5)n4)ccc23)c([2H])c1[2H]. The number of furan rings is 1. The lowest BCUT2D eigenvalue weighted by Gasteiger charge is -2.09. The Balaban J connectivity index is 1.12. The van der Waals surface area contributed by atoms with Crippen LogP contribution in [0.15, 0.2) is 192 Å². The first-order valence-electron chi connectivity index (χ1n) is 19.9. The van der Waals surface area contributed by atoms with Crippen LogP contribution in [0.2, 0.25) is 0 Å². The van der Waals surface area contributed by atoms with E-state index in [0.29, 0.717) is 39.8 Å². The first-order chi connectivity index (χ1) is 28.3. The molecule has 4 nitrogen and oxygen atoms in total. The standard InChI is InChI=1S/C49H31N3O/c1-4-12-32(13-5-1)41-29-43(35-15-6-2-7-16-35)46-44(30-41)42-27-26-40(31-45(42)53-46)49-51-47(36-17-8-3-9-18-36)50-48(52-49)37-23-20-34(21-24-37)39-25-22-33-14-10-11-19-38(33)28-39/h1-31H/i2D,6D,7D,15D,16D. The highest BCUT2D eigenvalue weighted by Crippen LogP contribution is 2.40. The summed E-state index contributed by atoms with van der Waals surface area (Å²) in [5.41, 5.74) is 7.77. The Kier molecular flexibility index (Phi) is 6.24. The fourth-order valence-electron chi connectivity index (χ4n) is 6.92. The summed E-state index contributed by atoms with van der Waals surface area (Å²) in [4.78, 5) is 14.9. The molecule has 0 atom stereocenters. The van der Waals surface area contributed by atoms with E-state index in [1.54, 1.807) is 0 Å². The summed E-state index contributed by atoms with van der Waals surface area (Å²) < 4.78 is 49.3. The third-order valence-corrected chi connectivity index (χ3v) is 9.60. The van der Waals surface area contributed by atoms with Gasteiger partial charge in [-0.15, -0.1) is 0 Å². The van der Waals surface area contributed by atoms with E-state index in [0.717, 1.165) is 44.2 Å². The summed E-state index contributed by atoms with van der Waals surface area (Å²) in [5, 5.41) is 3.92. The Hall–Kier alpha value is -7.17. The molecule has 248 valence electrons. The summed E-state index contributed by atoms with van der Waals surface area (Å²) in [7, 11) is 0. The number of aromatic nitrogens is 3. The van der Waals surface area contributed by atoms with Gasteiger partial charge in [0.1, 0.15) is 11.2 Å². The minimum Gasteiger partial charge on any atom is -0.455 e. The summed E-state index contributed by atoms with van der Waals surface area (Å²) in [6.45, 7) is 0.